The highest BCUT2D eigenvalue weighted by atomic mass is 16.5. The second kappa shape index (κ2) is 25.5. The minimum atomic E-state index is -0.0800. The van der Waals surface area contributed by atoms with Gasteiger partial charge in [0, 0.05) is 39.5 Å². The summed E-state index contributed by atoms with van der Waals surface area (Å²) in [5.74, 6) is 2.35. The number of anilines is 6. The first kappa shape index (κ1) is 55.9. The molecule has 0 spiro atoms. The van der Waals surface area contributed by atoms with Gasteiger partial charge in [-0.05, 0) is 254 Å². The lowest BCUT2D eigenvalue weighted by atomic mass is 9.71. The number of benzene rings is 10. The van der Waals surface area contributed by atoms with Crippen molar-refractivity contribution in [2.75, 3.05) is 23.0 Å². The maximum absolute atomic E-state index is 6.34. The predicted molar refractivity (Wildman–Crippen MR) is 353 cm³/mol. The Bertz CT molecular complexity index is 3770. The van der Waals surface area contributed by atoms with Crippen molar-refractivity contribution >= 4 is 34.1 Å². The van der Waals surface area contributed by atoms with Crippen LogP contribution in [-0.2, 0) is 43.9 Å². The Hall–Kier alpha value is -8.60. The predicted octanol–water partition coefficient (Wildman–Crippen LogP) is 20.9. The fourth-order valence-electron chi connectivity index (χ4n) is 12.6. The van der Waals surface area contributed by atoms with E-state index in [0.29, 0.717) is 19.1 Å². The summed E-state index contributed by atoms with van der Waals surface area (Å²) >= 11 is 0. The number of hydrogen-bond donors (Lipinski definition) is 0. The number of unbranched alkanes of at least 4 members (excludes halogenated alkanes) is 2. The van der Waals surface area contributed by atoms with Gasteiger partial charge in [-0.1, -0.05) is 165 Å². The van der Waals surface area contributed by atoms with E-state index < -0.39 is 0 Å². The molecule has 0 heterocycles. The van der Waals surface area contributed by atoms with Crippen molar-refractivity contribution in [1.82, 2.24) is 0 Å². The molecule has 2 aliphatic rings. The fourth-order valence-corrected chi connectivity index (χ4v) is 12.6. The van der Waals surface area contributed by atoms with E-state index in [-0.39, 0.29) is 5.41 Å². The van der Waals surface area contributed by atoms with Crippen molar-refractivity contribution in [3.05, 3.63) is 286 Å². The molecule has 0 bridgehead atoms. The normalized spacial score (nSPS) is 13.0. The van der Waals surface area contributed by atoms with Crippen LogP contribution in [0.2, 0.25) is 0 Å². The van der Waals surface area contributed by atoms with Gasteiger partial charge in [0.2, 0.25) is 0 Å². The number of rotatable bonds is 24. The molecule has 0 radical (unpaired) electrons. The van der Waals surface area contributed by atoms with Crippen LogP contribution in [0.4, 0.5) is 34.1 Å². The topological polar surface area (TPSA) is 24.9 Å². The van der Waals surface area contributed by atoms with Crippen LogP contribution in [0.1, 0.15) is 109 Å². The summed E-state index contributed by atoms with van der Waals surface area (Å²) in [7, 11) is 0. The molecule has 422 valence electrons. The molecule has 0 aliphatic heterocycles. The molecule has 0 N–H and O–H groups in total. The molecule has 10 aromatic rings. The summed E-state index contributed by atoms with van der Waals surface area (Å²) in [6.45, 7) is 12.8. The highest BCUT2D eigenvalue weighted by Crippen LogP contribution is 2.42. The summed E-state index contributed by atoms with van der Waals surface area (Å²) in [6.07, 6.45) is 12.5. The number of ether oxygens (including phenoxy) is 2. The maximum Gasteiger partial charge on any atom is 0.119 e. The van der Waals surface area contributed by atoms with Crippen LogP contribution in [0.3, 0.4) is 0 Å². The third-order valence-electron chi connectivity index (χ3n) is 17.7. The largest absolute Gasteiger partial charge is 0.494 e. The molecule has 4 nitrogen and oxygen atoms in total. The Labute approximate surface area is 500 Å². The summed E-state index contributed by atoms with van der Waals surface area (Å²) < 4.78 is 12.6. The van der Waals surface area contributed by atoms with E-state index in [4.69, 9.17) is 9.47 Å². The van der Waals surface area contributed by atoms with Crippen molar-refractivity contribution in [2.24, 2.45) is 5.92 Å². The number of hydrogen-bond acceptors (Lipinski definition) is 4. The van der Waals surface area contributed by atoms with Gasteiger partial charge < -0.3 is 19.3 Å². The van der Waals surface area contributed by atoms with E-state index in [1.807, 2.05) is 0 Å². The molecule has 1 unspecified atom stereocenters. The number of fused-ring (bicyclic) bond motifs is 2. The lowest BCUT2D eigenvalue weighted by Gasteiger charge is -2.33. The van der Waals surface area contributed by atoms with Crippen molar-refractivity contribution in [3.8, 4) is 33.8 Å². The summed E-state index contributed by atoms with van der Waals surface area (Å²) in [4.78, 5) is 4.67. The molecule has 12 rings (SSSR count). The van der Waals surface area contributed by atoms with Crippen LogP contribution in [0.15, 0.2) is 231 Å². The van der Waals surface area contributed by atoms with Crippen molar-refractivity contribution in [1.29, 1.82) is 0 Å². The summed E-state index contributed by atoms with van der Waals surface area (Å²) in [5.41, 5.74) is 25.4. The SMILES string of the molecule is Cc1ccc(N(c2ccc(OCCCCc3ccc4c(c3)CC4)cc2)c2ccc(-c3ccc(N(c4ccc(OCCCCc5ccc6c(c5)CC6)cc4)c4ccc(-c5ccc(C(C)(CC(C)C)c6ccc(C)cc6)cc5)cc4)cc3)cc2)cc1. The van der Waals surface area contributed by atoms with Gasteiger partial charge in [-0.15, -0.1) is 0 Å². The van der Waals surface area contributed by atoms with E-state index in [0.717, 1.165) is 102 Å². The zero-order valence-corrected chi connectivity index (χ0v) is 49.9. The zero-order chi connectivity index (χ0) is 57.4. The smallest absolute Gasteiger partial charge is 0.119 e. The van der Waals surface area contributed by atoms with E-state index in [1.54, 1.807) is 5.56 Å². The van der Waals surface area contributed by atoms with E-state index >= 15 is 0 Å². The van der Waals surface area contributed by atoms with Gasteiger partial charge >= 0.3 is 0 Å². The molecule has 0 aromatic heterocycles. The fraction of sp³-hybridized carbons (Fsp3) is 0.250. The standard InChI is InChI=1S/C80H80N2O2/c1-57(2)56-80(5,70-32-12-58(3)13-33-70)71-34-24-62(25-35-71)63-26-38-74(39-27-63)82(77-46-50-79(51-47-77)84-53-9-7-11-61-17-19-67-21-23-69(67)55-61)75-42-30-65(31-43-75)64-28-40-73(41-29-64)81(72-36-14-59(4)15-37-72)76-44-48-78(49-45-76)83-52-8-6-10-60-16-18-66-20-22-68(66)54-60/h12-19,24-51,54-55,57H,6-11,20-23,52-53,56H2,1-5H3. The van der Waals surface area contributed by atoms with Gasteiger partial charge in [0.1, 0.15) is 11.5 Å². The quantitative estimate of drug-likeness (QED) is 0.0563. The van der Waals surface area contributed by atoms with Crippen LogP contribution < -0.4 is 19.3 Å². The second-order valence-electron chi connectivity index (χ2n) is 24.3. The molecule has 0 fully saturated rings. The summed E-state index contributed by atoms with van der Waals surface area (Å²) in [6, 6.07) is 85.4. The van der Waals surface area contributed by atoms with Crippen LogP contribution in [0.25, 0.3) is 22.3 Å². The van der Waals surface area contributed by atoms with Crippen molar-refractivity contribution in [3.63, 3.8) is 0 Å². The molecule has 84 heavy (non-hydrogen) atoms. The number of aryl methyl sites for hydroxylation is 8. The monoisotopic (exact) mass is 1100 g/mol. The van der Waals surface area contributed by atoms with Crippen molar-refractivity contribution in [2.45, 2.75) is 111 Å². The first-order valence-corrected chi connectivity index (χ1v) is 30.9. The Balaban J connectivity index is 0.753. The molecular formula is C80H80N2O2. The first-order valence-electron chi connectivity index (χ1n) is 30.9. The summed E-state index contributed by atoms with van der Waals surface area (Å²) in [5, 5.41) is 0. The van der Waals surface area contributed by atoms with Gasteiger partial charge in [-0.2, -0.15) is 0 Å². The van der Waals surface area contributed by atoms with Crippen LogP contribution in [0, 0.1) is 19.8 Å². The average Bonchev–Trinajstić information content (AvgIpc) is 3.35. The van der Waals surface area contributed by atoms with Gasteiger partial charge in [-0.25, -0.2) is 0 Å². The molecule has 0 saturated heterocycles. The minimum Gasteiger partial charge on any atom is -0.494 e. The highest BCUT2D eigenvalue weighted by Gasteiger charge is 2.30. The third-order valence-corrected chi connectivity index (χ3v) is 17.7. The maximum atomic E-state index is 6.34. The molecule has 4 heteroatoms. The molecule has 2 aliphatic carbocycles. The van der Waals surface area contributed by atoms with Crippen LogP contribution >= 0.6 is 0 Å². The lowest BCUT2D eigenvalue weighted by molar-refractivity contribution is 0.307. The second-order valence-corrected chi connectivity index (χ2v) is 24.3. The Morgan fingerprint density at radius 2 is 0.667 bits per heavy atom. The Morgan fingerprint density at radius 1 is 0.357 bits per heavy atom. The average molecular weight is 1100 g/mol. The van der Waals surface area contributed by atoms with Gasteiger partial charge in [0.05, 0.1) is 13.2 Å². The minimum absolute atomic E-state index is 0.0800. The lowest BCUT2D eigenvalue weighted by Crippen LogP contribution is -2.25. The number of nitrogens with zero attached hydrogens (tertiary/aromatic N) is 2. The van der Waals surface area contributed by atoms with Gasteiger partial charge in [-0.3, -0.25) is 0 Å². The van der Waals surface area contributed by atoms with Crippen LogP contribution in [0.5, 0.6) is 11.5 Å². The first-order chi connectivity index (χ1) is 41.1. The van der Waals surface area contributed by atoms with Gasteiger partial charge in [0.25, 0.3) is 0 Å². The third kappa shape index (κ3) is 12.9. The van der Waals surface area contributed by atoms with E-state index in [1.165, 1.54) is 86.9 Å². The van der Waals surface area contributed by atoms with Gasteiger partial charge in [0.15, 0.2) is 0 Å². The molecular weight excluding hydrogens is 1020 g/mol. The highest BCUT2D eigenvalue weighted by molar-refractivity contribution is 5.82. The van der Waals surface area contributed by atoms with E-state index in [9.17, 15) is 0 Å². The molecule has 10 aromatic carbocycles. The van der Waals surface area contributed by atoms with Crippen LogP contribution in [-0.4, -0.2) is 13.2 Å². The molecule has 0 amide bonds. The Morgan fingerprint density at radius 3 is 1.00 bits per heavy atom. The Kier molecular flexibility index (Phi) is 17.0. The molecule has 0 saturated carbocycles. The zero-order valence-electron chi connectivity index (χ0n) is 49.9. The van der Waals surface area contributed by atoms with Crippen molar-refractivity contribution < 1.29 is 9.47 Å². The molecule has 1 atom stereocenters. The van der Waals surface area contributed by atoms with E-state index in [2.05, 4.69) is 275 Å².